The summed E-state index contributed by atoms with van der Waals surface area (Å²) >= 11 is 0. The van der Waals surface area contributed by atoms with Crippen molar-refractivity contribution in [3.8, 4) is 0 Å². The van der Waals surface area contributed by atoms with Crippen molar-refractivity contribution in [2.75, 3.05) is 6.61 Å². The number of benzene rings is 1. The van der Waals surface area contributed by atoms with Crippen molar-refractivity contribution < 1.29 is 5.11 Å². The zero-order valence-electron chi connectivity index (χ0n) is 9.63. The molecule has 0 aliphatic carbocycles. The summed E-state index contributed by atoms with van der Waals surface area (Å²) in [5.74, 6) is 0. The molecule has 84 valence electrons. The quantitative estimate of drug-likeness (QED) is 0.743. The summed E-state index contributed by atoms with van der Waals surface area (Å²) in [5.41, 5.74) is 2.49. The van der Waals surface area contributed by atoms with Crippen LogP contribution in [0.5, 0.6) is 0 Å². The maximum absolute atomic E-state index is 8.59. The molecule has 0 aliphatic rings. The maximum Gasteiger partial charge on any atom is 0.0615 e. The number of allylic oxidation sites excluding steroid dienone is 4. The number of hydrogen-bond acceptors (Lipinski definition) is 1. The van der Waals surface area contributed by atoms with E-state index in [2.05, 4.69) is 31.2 Å². The normalized spacial score (nSPS) is 12.8. The van der Waals surface area contributed by atoms with Crippen molar-refractivity contribution >= 4 is 6.08 Å². The van der Waals surface area contributed by atoms with Crippen molar-refractivity contribution in [1.29, 1.82) is 0 Å². The van der Waals surface area contributed by atoms with Gasteiger partial charge in [0, 0.05) is 0 Å². The van der Waals surface area contributed by atoms with Gasteiger partial charge in [-0.3, -0.25) is 0 Å². The molecule has 0 atom stereocenters. The van der Waals surface area contributed by atoms with E-state index in [9.17, 15) is 0 Å². The van der Waals surface area contributed by atoms with Crippen LogP contribution in [0.2, 0.25) is 0 Å². The van der Waals surface area contributed by atoms with Crippen LogP contribution < -0.4 is 0 Å². The fourth-order valence-electron chi connectivity index (χ4n) is 1.35. The SMILES string of the molecule is CCC(=Cc1ccccc1)/C=C/C=C/CO. The van der Waals surface area contributed by atoms with Gasteiger partial charge in [-0.2, -0.15) is 0 Å². The molecule has 1 heteroatoms. The van der Waals surface area contributed by atoms with Crippen LogP contribution in [-0.4, -0.2) is 11.7 Å². The summed E-state index contributed by atoms with van der Waals surface area (Å²) in [6, 6.07) is 10.3. The highest BCUT2D eigenvalue weighted by Crippen LogP contribution is 2.10. The molecule has 1 rings (SSSR count). The molecule has 1 aromatic rings. The van der Waals surface area contributed by atoms with Crippen LogP contribution in [0.4, 0.5) is 0 Å². The van der Waals surface area contributed by atoms with Gasteiger partial charge in [0.15, 0.2) is 0 Å². The van der Waals surface area contributed by atoms with Gasteiger partial charge in [0.25, 0.3) is 0 Å². The lowest BCUT2D eigenvalue weighted by molar-refractivity contribution is 0.343. The van der Waals surface area contributed by atoms with E-state index in [1.54, 1.807) is 6.08 Å². The first-order valence-corrected chi connectivity index (χ1v) is 5.56. The summed E-state index contributed by atoms with van der Waals surface area (Å²) in [7, 11) is 0. The molecule has 0 aromatic heterocycles. The number of hydrogen-bond donors (Lipinski definition) is 1. The van der Waals surface area contributed by atoms with Gasteiger partial charge in [-0.1, -0.05) is 67.6 Å². The number of aliphatic hydroxyl groups excluding tert-OH is 1. The van der Waals surface area contributed by atoms with Crippen molar-refractivity contribution in [2.45, 2.75) is 13.3 Å². The van der Waals surface area contributed by atoms with Gasteiger partial charge < -0.3 is 5.11 Å². The smallest absolute Gasteiger partial charge is 0.0615 e. The predicted molar refractivity (Wildman–Crippen MR) is 70.1 cm³/mol. The lowest BCUT2D eigenvalue weighted by atomic mass is 10.1. The third kappa shape index (κ3) is 4.76. The van der Waals surface area contributed by atoms with Crippen LogP contribution in [0.1, 0.15) is 18.9 Å². The van der Waals surface area contributed by atoms with Gasteiger partial charge in [-0.15, -0.1) is 0 Å². The molecule has 0 saturated heterocycles. The van der Waals surface area contributed by atoms with E-state index < -0.39 is 0 Å². The predicted octanol–water partition coefficient (Wildman–Crippen LogP) is 3.58. The molecule has 1 nitrogen and oxygen atoms in total. The zero-order chi connectivity index (χ0) is 11.6. The van der Waals surface area contributed by atoms with Crippen LogP contribution in [0.3, 0.4) is 0 Å². The highest BCUT2D eigenvalue weighted by molar-refractivity contribution is 5.55. The Morgan fingerprint density at radius 1 is 1.19 bits per heavy atom. The first-order chi connectivity index (χ1) is 7.86. The molecule has 1 N–H and O–H groups in total. The third-order valence-corrected chi connectivity index (χ3v) is 2.22. The Labute approximate surface area is 97.4 Å². The lowest BCUT2D eigenvalue weighted by Gasteiger charge is -1.97. The highest BCUT2D eigenvalue weighted by Gasteiger charge is 1.89. The minimum atomic E-state index is 0.0915. The molecule has 0 bridgehead atoms. The van der Waals surface area contributed by atoms with Crippen LogP contribution in [0.25, 0.3) is 6.08 Å². The third-order valence-electron chi connectivity index (χ3n) is 2.22. The van der Waals surface area contributed by atoms with E-state index in [-0.39, 0.29) is 6.61 Å². The second-order valence-corrected chi connectivity index (χ2v) is 3.45. The largest absolute Gasteiger partial charge is 0.392 e. The first-order valence-electron chi connectivity index (χ1n) is 5.56. The first kappa shape index (κ1) is 12.5. The molecule has 0 saturated carbocycles. The average Bonchev–Trinajstić information content (AvgIpc) is 2.34. The summed E-state index contributed by atoms with van der Waals surface area (Å²) in [6.45, 7) is 2.23. The second kappa shape index (κ2) is 7.66. The molecule has 0 amide bonds. The number of rotatable bonds is 5. The summed E-state index contributed by atoms with van der Waals surface area (Å²) in [5, 5.41) is 8.59. The summed E-state index contributed by atoms with van der Waals surface area (Å²) < 4.78 is 0. The minimum absolute atomic E-state index is 0.0915. The van der Waals surface area contributed by atoms with E-state index in [0.717, 1.165) is 6.42 Å². The fraction of sp³-hybridized carbons (Fsp3) is 0.200. The zero-order valence-corrected chi connectivity index (χ0v) is 9.63. The molecule has 1 aromatic carbocycles. The Morgan fingerprint density at radius 3 is 2.56 bits per heavy atom. The van der Waals surface area contributed by atoms with Crippen LogP contribution in [-0.2, 0) is 0 Å². The lowest BCUT2D eigenvalue weighted by Crippen LogP contribution is -1.76. The van der Waals surface area contributed by atoms with Crippen LogP contribution in [0, 0.1) is 0 Å². The maximum atomic E-state index is 8.59. The number of aliphatic hydroxyl groups is 1. The monoisotopic (exact) mass is 214 g/mol. The van der Waals surface area contributed by atoms with E-state index in [0.29, 0.717) is 0 Å². The molecule has 0 unspecified atom stereocenters. The van der Waals surface area contributed by atoms with Gasteiger partial charge >= 0.3 is 0 Å². The van der Waals surface area contributed by atoms with E-state index in [1.165, 1.54) is 11.1 Å². The van der Waals surface area contributed by atoms with Gasteiger partial charge in [0.1, 0.15) is 0 Å². The van der Waals surface area contributed by atoms with E-state index >= 15 is 0 Å². The van der Waals surface area contributed by atoms with Gasteiger partial charge in [0.05, 0.1) is 6.61 Å². The van der Waals surface area contributed by atoms with Gasteiger partial charge in [0.2, 0.25) is 0 Å². The van der Waals surface area contributed by atoms with Crippen LogP contribution >= 0.6 is 0 Å². The van der Waals surface area contributed by atoms with Gasteiger partial charge in [-0.25, -0.2) is 0 Å². The summed E-state index contributed by atoms with van der Waals surface area (Å²) in [4.78, 5) is 0. The van der Waals surface area contributed by atoms with Crippen molar-refractivity contribution in [2.24, 2.45) is 0 Å². The molecule has 0 radical (unpaired) electrons. The Kier molecular flexibility index (Phi) is 5.97. The molecular formula is C15H18O. The van der Waals surface area contributed by atoms with Crippen molar-refractivity contribution in [3.05, 3.63) is 65.8 Å². The average molecular weight is 214 g/mol. The molecular weight excluding hydrogens is 196 g/mol. The molecule has 16 heavy (non-hydrogen) atoms. The minimum Gasteiger partial charge on any atom is -0.392 e. The van der Waals surface area contributed by atoms with Crippen LogP contribution in [0.15, 0.2) is 60.2 Å². The highest BCUT2D eigenvalue weighted by atomic mass is 16.2. The standard InChI is InChI=1S/C15H18O/c1-2-14(9-7-4-8-12-16)13-15-10-5-3-6-11-15/h3-11,13,16H,2,12H2,1H3/b8-4+,9-7+,14-13?. The topological polar surface area (TPSA) is 20.2 Å². The summed E-state index contributed by atoms with van der Waals surface area (Å²) in [6.07, 6.45) is 10.8. The molecule has 0 aliphatic heterocycles. The second-order valence-electron chi connectivity index (χ2n) is 3.45. The van der Waals surface area contributed by atoms with E-state index in [1.807, 2.05) is 30.4 Å². The van der Waals surface area contributed by atoms with E-state index in [4.69, 9.17) is 5.11 Å². The van der Waals surface area contributed by atoms with Crippen molar-refractivity contribution in [3.63, 3.8) is 0 Å². The van der Waals surface area contributed by atoms with Gasteiger partial charge in [-0.05, 0) is 17.6 Å². The molecule has 0 fully saturated rings. The Bertz CT molecular complexity index is 372. The molecule has 0 heterocycles. The fourth-order valence-corrected chi connectivity index (χ4v) is 1.35. The Morgan fingerprint density at radius 2 is 1.94 bits per heavy atom. The molecule has 0 spiro atoms. The Balaban J connectivity index is 2.71. The Hall–Kier alpha value is -1.60. The van der Waals surface area contributed by atoms with Crippen molar-refractivity contribution in [1.82, 2.24) is 0 Å².